The van der Waals surface area contributed by atoms with Crippen molar-refractivity contribution in [2.45, 2.75) is 0 Å². The van der Waals surface area contributed by atoms with Gasteiger partial charge in [0.1, 0.15) is 0 Å². The van der Waals surface area contributed by atoms with E-state index in [1.54, 1.807) is 0 Å². The van der Waals surface area contributed by atoms with Gasteiger partial charge in [0.15, 0.2) is 0 Å². The summed E-state index contributed by atoms with van der Waals surface area (Å²) in [6.45, 7) is 0. The van der Waals surface area contributed by atoms with Gasteiger partial charge in [0.25, 0.3) is 0 Å². The zero-order valence-corrected chi connectivity index (χ0v) is 6.61. The minimum atomic E-state index is -4.67. The molecule has 0 saturated carbocycles. The molecule has 0 spiro atoms. The Bertz CT molecular complexity index is 90.7. The summed E-state index contributed by atoms with van der Waals surface area (Å²) in [6.07, 6.45) is 0. The van der Waals surface area contributed by atoms with Crippen LogP contribution in [0.2, 0.25) is 0 Å². The quantitative estimate of drug-likeness (QED) is 0.367. The van der Waals surface area contributed by atoms with Crippen molar-refractivity contribution < 1.29 is 37.0 Å². The molecule has 0 aromatic rings. The van der Waals surface area contributed by atoms with Crippen molar-refractivity contribution in [3.63, 3.8) is 0 Å². The monoisotopic (exact) mass is 162 g/mol. The maximum Gasteiger partial charge on any atom is 2.00 e. The predicted octanol–water partition coefficient (Wildman–Crippen LogP) is -0.655. The molecule has 0 unspecified atom stereocenters. The molecular formula is H2O4SZn+2. The molecule has 0 aromatic carbocycles. The Hall–Kier alpha value is 0.493. The van der Waals surface area contributed by atoms with Crippen LogP contribution in [0.25, 0.3) is 0 Å². The Labute approximate surface area is 47.9 Å². The summed E-state index contributed by atoms with van der Waals surface area (Å²) in [6, 6.07) is 0. The molecule has 0 fully saturated rings. The standard InChI is InChI=1S/H2O4S.Zn/c1-5(2,3)4;/h(H2,1,2,3,4);/q;+2. The zero-order valence-electron chi connectivity index (χ0n) is 2.83. The van der Waals surface area contributed by atoms with Gasteiger partial charge in [-0.25, -0.2) is 0 Å². The minimum Gasteiger partial charge on any atom is -0.264 e. The second-order valence-electron chi connectivity index (χ2n) is 0.448. The van der Waals surface area contributed by atoms with Gasteiger partial charge in [-0.05, 0) is 0 Å². The van der Waals surface area contributed by atoms with Crippen molar-refractivity contribution in [1.29, 1.82) is 0 Å². The average molecular weight is 163 g/mol. The van der Waals surface area contributed by atoms with Gasteiger partial charge in [0.2, 0.25) is 0 Å². The first-order valence-corrected chi connectivity index (χ1v) is 2.10. The molecule has 0 aliphatic heterocycles. The number of hydrogen-bond acceptors (Lipinski definition) is 2. The Balaban J connectivity index is 0. The van der Waals surface area contributed by atoms with Crippen LogP contribution in [-0.2, 0) is 29.9 Å². The third kappa shape index (κ3) is 225. The third-order valence-electron chi connectivity index (χ3n) is 0. The van der Waals surface area contributed by atoms with Crippen LogP contribution in [-0.4, -0.2) is 17.5 Å². The van der Waals surface area contributed by atoms with Crippen molar-refractivity contribution in [3.05, 3.63) is 0 Å². The van der Waals surface area contributed by atoms with Gasteiger partial charge in [0.05, 0.1) is 0 Å². The molecule has 0 amide bonds. The second kappa shape index (κ2) is 2.63. The van der Waals surface area contributed by atoms with Gasteiger partial charge in [-0.3, -0.25) is 9.11 Å². The van der Waals surface area contributed by atoms with E-state index in [1.165, 1.54) is 0 Å². The fourth-order valence-electron chi connectivity index (χ4n) is 0. The van der Waals surface area contributed by atoms with Gasteiger partial charge in [0, 0.05) is 0 Å². The van der Waals surface area contributed by atoms with Gasteiger partial charge in [-0.1, -0.05) is 0 Å². The Kier molecular flexibility index (Phi) is 4.25. The van der Waals surface area contributed by atoms with Crippen LogP contribution in [0, 0.1) is 0 Å². The minimum absolute atomic E-state index is 0. The van der Waals surface area contributed by atoms with E-state index >= 15 is 0 Å². The van der Waals surface area contributed by atoms with Crippen LogP contribution in [0.4, 0.5) is 0 Å². The fraction of sp³-hybridized carbons (Fsp3) is 0. The van der Waals surface area contributed by atoms with Crippen LogP contribution in [0.15, 0.2) is 0 Å². The van der Waals surface area contributed by atoms with E-state index in [1.807, 2.05) is 0 Å². The molecule has 0 aromatic heterocycles. The molecule has 0 bridgehead atoms. The Morgan fingerprint density at radius 2 is 1.17 bits per heavy atom. The molecule has 6 heteroatoms. The van der Waals surface area contributed by atoms with Crippen LogP contribution in [0.5, 0.6) is 0 Å². The second-order valence-corrected chi connectivity index (χ2v) is 1.34. The summed E-state index contributed by atoms with van der Waals surface area (Å²) in [5.74, 6) is 0. The molecule has 0 heterocycles. The number of hydrogen-bond donors (Lipinski definition) is 2. The third-order valence-corrected chi connectivity index (χ3v) is 0. The SMILES string of the molecule is O=S(=O)(O)O.[Zn+2]. The molecular weight excluding hydrogens is 161 g/mol. The molecule has 2 N–H and O–H groups in total. The predicted molar refractivity (Wildman–Crippen MR) is 14.2 cm³/mol. The normalized spacial score (nSPS) is 9.67. The molecule has 0 atom stereocenters. The van der Waals surface area contributed by atoms with Gasteiger partial charge < -0.3 is 0 Å². The molecule has 0 aliphatic carbocycles. The van der Waals surface area contributed by atoms with E-state index < -0.39 is 10.4 Å². The first kappa shape index (κ1) is 9.71. The van der Waals surface area contributed by atoms with Crippen molar-refractivity contribution in [3.8, 4) is 0 Å². The smallest absolute Gasteiger partial charge is 0.264 e. The molecule has 0 radical (unpaired) electrons. The largest absolute Gasteiger partial charge is 2.00 e. The van der Waals surface area contributed by atoms with E-state index in [2.05, 4.69) is 0 Å². The average Bonchev–Trinajstić information content (AvgIpc) is 0.722. The van der Waals surface area contributed by atoms with Gasteiger partial charge in [-0.2, -0.15) is 8.42 Å². The summed E-state index contributed by atoms with van der Waals surface area (Å²) < 4.78 is 31.6. The zero-order chi connectivity index (χ0) is 4.50. The Morgan fingerprint density at radius 1 is 1.17 bits per heavy atom. The van der Waals surface area contributed by atoms with Crippen LogP contribution in [0.3, 0.4) is 0 Å². The molecule has 6 heavy (non-hydrogen) atoms. The summed E-state index contributed by atoms with van der Waals surface area (Å²) in [7, 11) is -4.67. The first-order chi connectivity index (χ1) is 2.00. The van der Waals surface area contributed by atoms with Crippen molar-refractivity contribution >= 4 is 10.4 Å². The number of rotatable bonds is 0. The maximum atomic E-state index is 8.74. The molecule has 0 aliphatic rings. The topological polar surface area (TPSA) is 74.6 Å². The summed E-state index contributed by atoms with van der Waals surface area (Å²) in [5.41, 5.74) is 0. The van der Waals surface area contributed by atoms with E-state index in [0.29, 0.717) is 0 Å². The molecule has 0 rings (SSSR count). The fourth-order valence-corrected chi connectivity index (χ4v) is 0. The molecule has 32 valence electrons. The summed E-state index contributed by atoms with van der Waals surface area (Å²) in [5, 5.41) is 0. The van der Waals surface area contributed by atoms with E-state index in [-0.39, 0.29) is 19.5 Å². The van der Waals surface area contributed by atoms with Gasteiger partial charge in [-0.15, -0.1) is 0 Å². The van der Waals surface area contributed by atoms with E-state index in [9.17, 15) is 0 Å². The van der Waals surface area contributed by atoms with Crippen molar-refractivity contribution in [2.24, 2.45) is 0 Å². The summed E-state index contributed by atoms with van der Waals surface area (Å²) >= 11 is 0. The van der Waals surface area contributed by atoms with Crippen LogP contribution in [0.1, 0.15) is 0 Å². The van der Waals surface area contributed by atoms with Gasteiger partial charge >= 0.3 is 29.9 Å². The van der Waals surface area contributed by atoms with E-state index in [0.717, 1.165) is 0 Å². The van der Waals surface area contributed by atoms with E-state index in [4.69, 9.17) is 17.5 Å². The molecule has 0 saturated heterocycles. The van der Waals surface area contributed by atoms with Crippen LogP contribution < -0.4 is 0 Å². The van der Waals surface area contributed by atoms with Crippen LogP contribution >= 0.6 is 0 Å². The maximum absolute atomic E-state index is 8.74. The van der Waals surface area contributed by atoms with Crippen molar-refractivity contribution in [1.82, 2.24) is 0 Å². The van der Waals surface area contributed by atoms with Crippen molar-refractivity contribution in [2.75, 3.05) is 0 Å². The first-order valence-electron chi connectivity index (χ1n) is 0.698. The molecule has 4 nitrogen and oxygen atoms in total. The summed E-state index contributed by atoms with van der Waals surface area (Å²) in [4.78, 5) is 0. The Morgan fingerprint density at radius 3 is 1.17 bits per heavy atom.